The van der Waals surface area contributed by atoms with Gasteiger partial charge in [-0.25, -0.2) is 15.0 Å². The van der Waals surface area contributed by atoms with Crippen LogP contribution in [0.2, 0.25) is 0 Å². The minimum Gasteiger partial charge on any atom is -0.355 e. The Hall–Kier alpha value is -3.26. The van der Waals surface area contributed by atoms with Gasteiger partial charge in [0.25, 0.3) is 0 Å². The van der Waals surface area contributed by atoms with Crippen LogP contribution < -0.4 is 10.2 Å². The molecule has 30 heavy (non-hydrogen) atoms. The molecule has 2 aliphatic heterocycles. The summed E-state index contributed by atoms with van der Waals surface area (Å²) in [6.45, 7) is 3.95. The number of hydrogen-bond donors (Lipinski definition) is 3. The van der Waals surface area contributed by atoms with Gasteiger partial charge < -0.3 is 15.2 Å². The molecule has 152 valence electrons. The van der Waals surface area contributed by atoms with Gasteiger partial charge in [0.15, 0.2) is 17.3 Å². The molecule has 4 aromatic rings. The molecule has 3 N–H and O–H groups in total. The highest BCUT2D eigenvalue weighted by molar-refractivity contribution is 5.93. The SMILES string of the molecule is C1=C(c2ccc3[nH]nc(-c4nc5c(N6CCCCC6)nccc5[nH]4)c3n2)CCNC1. The van der Waals surface area contributed by atoms with Crippen LogP contribution in [0.1, 0.15) is 31.4 Å². The van der Waals surface area contributed by atoms with Gasteiger partial charge in [-0.2, -0.15) is 5.10 Å². The van der Waals surface area contributed by atoms with E-state index < -0.39 is 0 Å². The summed E-state index contributed by atoms with van der Waals surface area (Å²) >= 11 is 0. The van der Waals surface area contributed by atoms with Crippen LogP contribution in [0.4, 0.5) is 5.82 Å². The molecule has 0 aromatic carbocycles. The first-order chi connectivity index (χ1) is 14.9. The van der Waals surface area contributed by atoms with Crippen LogP contribution in [-0.2, 0) is 0 Å². The third-order valence-corrected chi connectivity index (χ3v) is 6.06. The molecule has 1 fully saturated rings. The standard InChI is InChI=1S/C22H24N8/c1-2-12-30(13-3-1)22-19-16(8-11-24-22)26-21(27-19)20-18-17(28-29-20)5-4-15(25-18)14-6-9-23-10-7-14/h4-6,8,11,23H,1-3,7,9-10,12-13H2,(H,26,27)(H,28,29). The predicted octanol–water partition coefficient (Wildman–Crippen LogP) is 3.26. The molecule has 0 radical (unpaired) electrons. The van der Waals surface area contributed by atoms with Crippen molar-refractivity contribution in [2.45, 2.75) is 25.7 Å². The molecule has 8 heteroatoms. The number of aromatic amines is 2. The van der Waals surface area contributed by atoms with Crippen LogP contribution in [0.15, 0.2) is 30.5 Å². The number of H-pyrrole nitrogens is 2. The van der Waals surface area contributed by atoms with Crippen molar-refractivity contribution in [2.24, 2.45) is 0 Å². The number of nitrogens with zero attached hydrogens (tertiary/aromatic N) is 5. The number of hydrogen-bond acceptors (Lipinski definition) is 6. The van der Waals surface area contributed by atoms with Gasteiger partial charge in [0.05, 0.1) is 16.7 Å². The molecule has 0 amide bonds. The van der Waals surface area contributed by atoms with E-state index in [9.17, 15) is 0 Å². The molecule has 0 unspecified atom stereocenters. The van der Waals surface area contributed by atoms with Crippen LogP contribution >= 0.6 is 0 Å². The summed E-state index contributed by atoms with van der Waals surface area (Å²) in [4.78, 5) is 20.3. The summed E-state index contributed by atoms with van der Waals surface area (Å²) in [7, 11) is 0. The van der Waals surface area contributed by atoms with E-state index in [1.807, 2.05) is 12.3 Å². The molecule has 6 rings (SSSR count). The summed E-state index contributed by atoms with van der Waals surface area (Å²) in [6, 6.07) is 6.10. The van der Waals surface area contributed by atoms with Crippen molar-refractivity contribution in [1.82, 2.24) is 35.5 Å². The highest BCUT2D eigenvalue weighted by atomic mass is 15.2. The Bertz CT molecular complexity index is 1240. The second kappa shape index (κ2) is 7.21. The zero-order chi connectivity index (χ0) is 19.9. The van der Waals surface area contributed by atoms with Gasteiger partial charge >= 0.3 is 0 Å². The molecule has 0 bridgehead atoms. The maximum atomic E-state index is 4.94. The molecule has 4 aromatic heterocycles. The van der Waals surface area contributed by atoms with E-state index in [2.05, 4.69) is 48.6 Å². The van der Waals surface area contributed by atoms with E-state index >= 15 is 0 Å². The van der Waals surface area contributed by atoms with Gasteiger partial charge in [0.1, 0.15) is 11.0 Å². The molecular weight excluding hydrogens is 376 g/mol. The van der Waals surface area contributed by atoms with Crippen molar-refractivity contribution in [3.8, 4) is 11.5 Å². The molecule has 6 heterocycles. The van der Waals surface area contributed by atoms with Crippen molar-refractivity contribution in [2.75, 3.05) is 31.1 Å². The third-order valence-electron chi connectivity index (χ3n) is 6.06. The van der Waals surface area contributed by atoms with Gasteiger partial charge in [0, 0.05) is 25.8 Å². The Labute approximate surface area is 173 Å². The summed E-state index contributed by atoms with van der Waals surface area (Å²) in [6.07, 6.45) is 8.76. The van der Waals surface area contributed by atoms with Crippen molar-refractivity contribution in [3.63, 3.8) is 0 Å². The van der Waals surface area contributed by atoms with Gasteiger partial charge in [-0.15, -0.1) is 0 Å². The second-order valence-corrected chi connectivity index (χ2v) is 8.01. The van der Waals surface area contributed by atoms with E-state index in [0.29, 0.717) is 0 Å². The Morgan fingerprint density at radius 3 is 2.73 bits per heavy atom. The fourth-order valence-electron chi connectivity index (χ4n) is 4.47. The molecule has 2 aliphatic rings. The number of imidazole rings is 1. The molecule has 0 spiro atoms. The average Bonchev–Trinajstić information content (AvgIpc) is 3.43. The van der Waals surface area contributed by atoms with Gasteiger partial charge in [-0.1, -0.05) is 6.08 Å². The minimum atomic E-state index is 0.728. The molecule has 0 aliphatic carbocycles. The number of pyridine rings is 2. The van der Waals surface area contributed by atoms with Crippen LogP contribution in [0, 0.1) is 0 Å². The monoisotopic (exact) mass is 400 g/mol. The minimum absolute atomic E-state index is 0.728. The number of rotatable bonds is 3. The Kier molecular flexibility index (Phi) is 4.23. The van der Waals surface area contributed by atoms with E-state index in [1.54, 1.807) is 0 Å². The number of anilines is 1. The maximum absolute atomic E-state index is 4.94. The van der Waals surface area contributed by atoms with E-state index in [4.69, 9.17) is 9.97 Å². The summed E-state index contributed by atoms with van der Waals surface area (Å²) < 4.78 is 0. The van der Waals surface area contributed by atoms with Crippen molar-refractivity contribution in [1.29, 1.82) is 0 Å². The van der Waals surface area contributed by atoms with Gasteiger partial charge in [0.2, 0.25) is 0 Å². The molecular formula is C22H24N8. The normalized spacial score (nSPS) is 17.6. The predicted molar refractivity (Wildman–Crippen MR) is 118 cm³/mol. The Morgan fingerprint density at radius 1 is 0.933 bits per heavy atom. The van der Waals surface area contributed by atoms with Crippen molar-refractivity contribution >= 4 is 33.5 Å². The lowest BCUT2D eigenvalue weighted by atomic mass is 10.1. The summed E-state index contributed by atoms with van der Waals surface area (Å²) in [5.41, 5.74) is 6.69. The van der Waals surface area contributed by atoms with Crippen molar-refractivity contribution < 1.29 is 0 Å². The first kappa shape index (κ1) is 17.6. The topological polar surface area (TPSA) is 98.4 Å². The lowest BCUT2D eigenvalue weighted by molar-refractivity contribution is 0.574. The Balaban J connectivity index is 1.44. The van der Waals surface area contributed by atoms with Crippen LogP contribution in [0.25, 0.3) is 39.2 Å². The quantitative estimate of drug-likeness (QED) is 0.488. The molecule has 0 atom stereocenters. The second-order valence-electron chi connectivity index (χ2n) is 8.01. The molecule has 1 saturated heterocycles. The number of piperidine rings is 1. The Morgan fingerprint density at radius 2 is 1.87 bits per heavy atom. The maximum Gasteiger partial charge on any atom is 0.161 e. The van der Waals surface area contributed by atoms with E-state index in [-0.39, 0.29) is 0 Å². The van der Waals surface area contributed by atoms with E-state index in [0.717, 1.165) is 77.7 Å². The first-order valence-electron chi connectivity index (χ1n) is 10.7. The van der Waals surface area contributed by atoms with Crippen LogP contribution in [-0.4, -0.2) is 56.3 Å². The average molecular weight is 400 g/mol. The number of aromatic nitrogens is 6. The summed E-state index contributed by atoms with van der Waals surface area (Å²) in [5.74, 6) is 1.69. The summed E-state index contributed by atoms with van der Waals surface area (Å²) in [5, 5.41) is 11.0. The largest absolute Gasteiger partial charge is 0.355 e. The number of fused-ring (bicyclic) bond motifs is 2. The lowest BCUT2D eigenvalue weighted by Crippen LogP contribution is -2.30. The zero-order valence-corrected chi connectivity index (χ0v) is 16.8. The third kappa shape index (κ3) is 2.95. The fourth-order valence-corrected chi connectivity index (χ4v) is 4.47. The molecule has 8 nitrogen and oxygen atoms in total. The zero-order valence-electron chi connectivity index (χ0n) is 16.8. The van der Waals surface area contributed by atoms with Crippen molar-refractivity contribution in [3.05, 3.63) is 36.2 Å². The first-order valence-corrected chi connectivity index (χ1v) is 10.7. The van der Waals surface area contributed by atoms with Gasteiger partial charge in [-0.3, -0.25) is 5.10 Å². The van der Waals surface area contributed by atoms with Gasteiger partial charge in [-0.05, 0) is 56.0 Å². The fraction of sp³-hybridized carbons (Fsp3) is 0.364. The highest BCUT2D eigenvalue weighted by Gasteiger charge is 2.20. The van der Waals surface area contributed by atoms with Crippen LogP contribution in [0.3, 0.4) is 0 Å². The number of nitrogens with one attached hydrogen (secondary N) is 3. The van der Waals surface area contributed by atoms with Crippen LogP contribution in [0.5, 0.6) is 0 Å². The lowest BCUT2D eigenvalue weighted by Gasteiger charge is -2.27. The highest BCUT2D eigenvalue weighted by Crippen LogP contribution is 2.30. The van der Waals surface area contributed by atoms with E-state index in [1.165, 1.54) is 24.8 Å². The smallest absolute Gasteiger partial charge is 0.161 e. The molecule has 0 saturated carbocycles.